The molecule has 0 fully saturated rings. The van der Waals surface area contributed by atoms with Crippen molar-refractivity contribution >= 4 is 0 Å². The number of fused-ring (bicyclic) bond motifs is 1. The first-order valence-corrected chi connectivity index (χ1v) is 7.94. The molecule has 0 saturated heterocycles. The number of aliphatic hydroxyl groups is 1. The number of aromatic nitrogens is 1. The zero-order valence-corrected chi connectivity index (χ0v) is 12.6. The Morgan fingerprint density at radius 1 is 1.19 bits per heavy atom. The molecule has 3 rings (SSSR count). The molecule has 110 valence electrons. The van der Waals surface area contributed by atoms with Gasteiger partial charge in [-0.2, -0.15) is 0 Å². The first-order valence-electron chi connectivity index (χ1n) is 7.94. The molecule has 1 heterocycles. The van der Waals surface area contributed by atoms with E-state index < -0.39 is 6.10 Å². The van der Waals surface area contributed by atoms with Gasteiger partial charge in [0.1, 0.15) is 0 Å². The lowest BCUT2D eigenvalue weighted by atomic mass is 9.73. The van der Waals surface area contributed by atoms with Gasteiger partial charge in [-0.1, -0.05) is 43.7 Å². The van der Waals surface area contributed by atoms with Crippen LogP contribution in [0.15, 0.2) is 48.8 Å². The highest BCUT2D eigenvalue weighted by molar-refractivity contribution is 5.30. The Labute approximate surface area is 126 Å². The molecule has 0 spiro atoms. The second-order valence-electron chi connectivity index (χ2n) is 6.07. The number of hydrogen-bond acceptors (Lipinski definition) is 2. The molecule has 1 aromatic heterocycles. The molecule has 3 atom stereocenters. The highest BCUT2D eigenvalue weighted by Gasteiger charge is 2.30. The number of aryl methyl sites for hydroxylation is 1. The quantitative estimate of drug-likeness (QED) is 0.920. The predicted octanol–water partition coefficient (Wildman–Crippen LogP) is 3.95. The summed E-state index contributed by atoms with van der Waals surface area (Å²) in [6.07, 6.45) is 7.55. The van der Waals surface area contributed by atoms with Gasteiger partial charge in [0.05, 0.1) is 6.10 Å². The number of aliphatic hydroxyl groups excluding tert-OH is 1. The van der Waals surface area contributed by atoms with E-state index in [0.717, 1.165) is 24.8 Å². The molecule has 21 heavy (non-hydrogen) atoms. The average molecular weight is 281 g/mol. The van der Waals surface area contributed by atoms with E-state index in [9.17, 15) is 5.11 Å². The van der Waals surface area contributed by atoms with Crippen molar-refractivity contribution in [2.75, 3.05) is 0 Å². The van der Waals surface area contributed by atoms with Gasteiger partial charge in [0.2, 0.25) is 0 Å². The lowest BCUT2D eigenvalue weighted by Gasteiger charge is -2.34. The average Bonchev–Trinajstić information content (AvgIpc) is 2.56. The molecular formula is C19H23NO. The first-order chi connectivity index (χ1) is 10.3. The molecule has 0 amide bonds. The summed E-state index contributed by atoms with van der Waals surface area (Å²) in [6, 6.07) is 12.6. The van der Waals surface area contributed by atoms with E-state index in [1.165, 1.54) is 17.5 Å². The molecular weight excluding hydrogens is 258 g/mol. The fourth-order valence-electron chi connectivity index (χ4n) is 3.70. The van der Waals surface area contributed by atoms with Crippen LogP contribution >= 0.6 is 0 Å². The first kappa shape index (κ1) is 14.3. The fraction of sp³-hybridized carbons (Fsp3) is 0.421. The van der Waals surface area contributed by atoms with Crippen LogP contribution in [0.25, 0.3) is 0 Å². The van der Waals surface area contributed by atoms with Crippen LogP contribution in [-0.4, -0.2) is 10.1 Å². The normalized spacial score (nSPS) is 20.6. The smallest absolute Gasteiger partial charge is 0.0835 e. The van der Waals surface area contributed by atoms with E-state index in [1.807, 2.05) is 12.1 Å². The molecule has 1 aromatic carbocycles. The van der Waals surface area contributed by atoms with Gasteiger partial charge in [0.15, 0.2) is 0 Å². The Morgan fingerprint density at radius 2 is 2.00 bits per heavy atom. The molecule has 1 aliphatic rings. The Kier molecular flexibility index (Phi) is 4.35. The van der Waals surface area contributed by atoms with Gasteiger partial charge < -0.3 is 5.11 Å². The van der Waals surface area contributed by atoms with Gasteiger partial charge in [-0.05, 0) is 53.9 Å². The van der Waals surface area contributed by atoms with Crippen molar-refractivity contribution in [2.45, 2.75) is 38.7 Å². The van der Waals surface area contributed by atoms with Crippen LogP contribution in [0.2, 0.25) is 0 Å². The third kappa shape index (κ3) is 3.01. The summed E-state index contributed by atoms with van der Waals surface area (Å²) >= 11 is 0. The van der Waals surface area contributed by atoms with Crippen molar-refractivity contribution in [2.24, 2.45) is 11.8 Å². The molecule has 2 aromatic rings. The number of nitrogens with zero attached hydrogens (tertiary/aromatic N) is 1. The van der Waals surface area contributed by atoms with Crippen LogP contribution in [0, 0.1) is 11.8 Å². The fourth-order valence-corrected chi connectivity index (χ4v) is 3.70. The van der Waals surface area contributed by atoms with Crippen LogP contribution in [0.4, 0.5) is 0 Å². The third-order valence-electron chi connectivity index (χ3n) is 4.89. The molecule has 1 aliphatic carbocycles. The summed E-state index contributed by atoms with van der Waals surface area (Å²) in [5.41, 5.74) is 3.90. The lowest BCUT2D eigenvalue weighted by molar-refractivity contribution is 0.0632. The summed E-state index contributed by atoms with van der Waals surface area (Å²) in [5, 5.41) is 10.7. The Hall–Kier alpha value is -1.67. The number of hydrogen-bond donors (Lipinski definition) is 1. The Morgan fingerprint density at radius 3 is 2.71 bits per heavy atom. The summed E-state index contributed by atoms with van der Waals surface area (Å²) < 4.78 is 0. The van der Waals surface area contributed by atoms with Crippen molar-refractivity contribution in [3.05, 3.63) is 65.5 Å². The number of pyridine rings is 1. The molecule has 0 radical (unpaired) electrons. The second-order valence-corrected chi connectivity index (χ2v) is 6.07. The predicted molar refractivity (Wildman–Crippen MR) is 84.9 cm³/mol. The maximum absolute atomic E-state index is 10.7. The molecule has 0 bridgehead atoms. The molecule has 2 nitrogen and oxygen atoms in total. The summed E-state index contributed by atoms with van der Waals surface area (Å²) in [7, 11) is 0. The van der Waals surface area contributed by atoms with Gasteiger partial charge in [-0.25, -0.2) is 0 Å². The monoisotopic (exact) mass is 281 g/mol. The molecule has 0 saturated carbocycles. The molecule has 1 N–H and O–H groups in total. The van der Waals surface area contributed by atoms with Crippen molar-refractivity contribution < 1.29 is 5.11 Å². The van der Waals surface area contributed by atoms with Gasteiger partial charge in [-0.15, -0.1) is 0 Å². The van der Waals surface area contributed by atoms with Crippen molar-refractivity contribution in [3.63, 3.8) is 0 Å². The molecule has 3 unspecified atom stereocenters. The number of rotatable bonds is 4. The van der Waals surface area contributed by atoms with E-state index in [4.69, 9.17) is 0 Å². The minimum absolute atomic E-state index is 0.308. The zero-order chi connectivity index (χ0) is 14.7. The minimum Gasteiger partial charge on any atom is -0.388 e. The van der Waals surface area contributed by atoms with Gasteiger partial charge in [0, 0.05) is 12.4 Å². The largest absolute Gasteiger partial charge is 0.388 e. The lowest BCUT2D eigenvalue weighted by Crippen LogP contribution is -2.27. The van der Waals surface area contributed by atoms with Gasteiger partial charge in [-0.3, -0.25) is 4.98 Å². The SMILES string of the molecule is CCC(C1CCc2ccccc2C1)C(O)c1cccnc1. The third-order valence-corrected chi connectivity index (χ3v) is 4.89. The van der Waals surface area contributed by atoms with Crippen molar-refractivity contribution in [3.8, 4) is 0 Å². The zero-order valence-electron chi connectivity index (χ0n) is 12.6. The molecule has 0 aliphatic heterocycles. The van der Waals surface area contributed by atoms with Crippen molar-refractivity contribution in [1.29, 1.82) is 0 Å². The van der Waals surface area contributed by atoms with Gasteiger partial charge >= 0.3 is 0 Å². The highest BCUT2D eigenvalue weighted by Crippen LogP contribution is 2.38. The summed E-state index contributed by atoms with van der Waals surface area (Å²) in [5.74, 6) is 0.864. The van der Waals surface area contributed by atoms with E-state index in [1.54, 1.807) is 12.4 Å². The van der Waals surface area contributed by atoms with E-state index in [0.29, 0.717) is 11.8 Å². The van der Waals surface area contributed by atoms with Crippen LogP contribution in [-0.2, 0) is 12.8 Å². The van der Waals surface area contributed by atoms with Crippen LogP contribution in [0.3, 0.4) is 0 Å². The minimum atomic E-state index is -0.404. The maximum Gasteiger partial charge on any atom is 0.0835 e. The second kappa shape index (κ2) is 6.40. The maximum atomic E-state index is 10.7. The topological polar surface area (TPSA) is 33.1 Å². The standard InChI is InChI=1S/C19H23NO/c1-2-18(19(21)17-8-5-11-20-13-17)16-10-9-14-6-3-4-7-15(14)12-16/h3-8,11,13,16,18-19,21H,2,9-10,12H2,1H3. The van der Waals surface area contributed by atoms with Crippen LogP contribution in [0.1, 0.15) is 42.6 Å². The van der Waals surface area contributed by atoms with Crippen LogP contribution < -0.4 is 0 Å². The summed E-state index contributed by atoms with van der Waals surface area (Å²) in [6.45, 7) is 2.19. The van der Waals surface area contributed by atoms with Gasteiger partial charge in [0.25, 0.3) is 0 Å². The van der Waals surface area contributed by atoms with E-state index >= 15 is 0 Å². The Bertz CT molecular complexity index is 581. The Balaban J connectivity index is 1.79. The molecule has 2 heteroatoms. The van der Waals surface area contributed by atoms with Crippen molar-refractivity contribution in [1.82, 2.24) is 4.98 Å². The summed E-state index contributed by atoms with van der Waals surface area (Å²) in [4.78, 5) is 4.14. The van der Waals surface area contributed by atoms with E-state index in [-0.39, 0.29) is 0 Å². The highest BCUT2D eigenvalue weighted by atomic mass is 16.3. The number of benzene rings is 1. The van der Waals surface area contributed by atoms with E-state index in [2.05, 4.69) is 36.2 Å². The van der Waals surface area contributed by atoms with Crippen LogP contribution in [0.5, 0.6) is 0 Å².